The van der Waals surface area contributed by atoms with Crippen LogP contribution >= 0.6 is 0 Å². The minimum absolute atomic E-state index is 0.0422. The highest BCUT2D eigenvalue weighted by Gasteiger charge is 2.21. The lowest BCUT2D eigenvalue weighted by Crippen LogP contribution is -2.34. The summed E-state index contributed by atoms with van der Waals surface area (Å²) in [5.74, 6) is -0.924. The van der Waals surface area contributed by atoms with E-state index in [2.05, 4.69) is 10.4 Å². The molecule has 1 aliphatic heterocycles. The number of aromatic nitrogens is 2. The van der Waals surface area contributed by atoms with Crippen LogP contribution in [0.4, 0.5) is 0 Å². The molecule has 1 fully saturated rings. The van der Waals surface area contributed by atoms with Gasteiger partial charge in [-0.05, 0) is 18.4 Å². The summed E-state index contributed by atoms with van der Waals surface area (Å²) in [6.45, 7) is 1.34. The first-order valence-corrected chi connectivity index (χ1v) is 10.4. The van der Waals surface area contributed by atoms with E-state index in [9.17, 15) is 9.59 Å². The van der Waals surface area contributed by atoms with Gasteiger partial charge in [-0.2, -0.15) is 5.10 Å². The van der Waals surface area contributed by atoms with Gasteiger partial charge in [-0.1, -0.05) is 60.7 Å². The van der Waals surface area contributed by atoms with Gasteiger partial charge in [-0.3, -0.25) is 9.48 Å². The second kappa shape index (κ2) is 10.0. The lowest BCUT2D eigenvalue weighted by Gasteiger charge is -2.11. The second-order valence-corrected chi connectivity index (χ2v) is 7.46. The molecule has 2 heterocycles. The van der Waals surface area contributed by atoms with Gasteiger partial charge in [0.25, 0.3) is 5.91 Å². The van der Waals surface area contributed by atoms with Crippen molar-refractivity contribution >= 4 is 11.9 Å². The van der Waals surface area contributed by atoms with E-state index in [4.69, 9.17) is 9.47 Å². The van der Waals surface area contributed by atoms with E-state index in [1.165, 1.54) is 0 Å². The molecular weight excluding hydrogens is 394 g/mol. The normalized spacial score (nSPS) is 15.5. The van der Waals surface area contributed by atoms with Crippen molar-refractivity contribution in [2.45, 2.75) is 25.5 Å². The molecule has 3 aromatic rings. The maximum absolute atomic E-state index is 12.8. The molecule has 7 nitrogen and oxygen atoms in total. The number of hydrogen-bond donors (Lipinski definition) is 1. The highest BCUT2D eigenvalue weighted by Crippen LogP contribution is 2.23. The van der Waals surface area contributed by atoms with Gasteiger partial charge in [0.05, 0.1) is 12.6 Å². The van der Waals surface area contributed by atoms with E-state index in [1.807, 2.05) is 60.7 Å². The first kappa shape index (κ1) is 20.8. The number of nitrogens with one attached hydrogen (secondary N) is 1. The monoisotopic (exact) mass is 419 g/mol. The van der Waals surface area contributed by atoms with Crippen LogP contribution in [0.5, 0.6) is 0 Å². The third kappa shape index (κ3) is 5.58. The molecule has 1 aliphatic rings. The SMILES string of the molecule is O=C(COC(=O)c1cn(Cc2ccccc2)nc1-c1ccccc1)NC[C@@H]1CCCO1. The van der Waals surface area contributed by atoms with Crippen molar-refractivity contribution in [3.8, 4) is 11.3 Å². The molecule has 1 atom stereocenters. The molecule has 0 aliphatic carbocycles. The molecular formula is C24H25N3O4. The first-order valence-electron chi connectivity index (χ1n) is 10.4. The first-order chi connectivity index (χ1) is 15.2. The van der Waals surface area contributed by atoms with Crippen molar-refractivity contribution in [2.75, 3.05) is 19.8 Å². The van der Waals surface area contributed by atoms with E-state index >= 15 is 0 Å². The highest BCUT2D eigenvalue weighted by molar-refractivity contribution is 5.97. The largest absolute Gasteiger partial charge is 0.452 e. The number of esters is 1. The predicted molar refractivity (Wildman–Crippen MR) is 115 cm³/mol. The smallest absolute Gasteiger partial charge is 0.342 e. The molecule has 0 spiro atoms. The number of benzene rings is 2. The lowest BCUT2D eigenvalue weighted by atomic mass is 10.1. The molecule has 1 N–H and O–H groups in total. The minimum atomic E-state index is -0.578. The number of carbonyl (C=O) groups is 2. The summed E-state index contributed by atoms with van der Waals surface area (Å²) in [5, 5.41) is 7.36. The fourth-order valence-corrected chi connectivity index (χ4v) is 3.52. The Hall–Kier alpha value is -3.45. The summed E-state index contributed by atoms with van der Waals surface area (Å²) in [6.07, 6.45) is 3.65. The zero-order valence-corrected chi connectivity index (χ0v) is 17.2. The van der Waals surface area contributed by atoms with Crippen LogP contribution in [0, 0.1) is 0 Å². The number of rotatable bonds is 8. The Kier molecular flexibility index (Phi) is 6.74. The van der Waals surface area contributed by atoms with Crippen LogP contribution in [-0.2, 0) is 20.8 Å². The van der Waals surface area contributed by atoms with Crippen molar-refractivity contribution in [3.63, 3.8) is 0 Å². The number of amides is 1. The standard InChI is InChI=1S/C24H25N3O4/c28-22(25-14-20-12-7-13-30-20)17-31-24(29)21-16-27(15-18-8-3-1-4-9-18)26-23(21)19-10-5-2-6-11-19/h1-6,8-11,16,20H,7,12-15,17H2,(H,25,28)/t20-/m0/s1. The van der Waals surface area contributed by atoms with Crippen LogP contribution in [-0.4, -0.2) is 47.5 Å². The fourth-order valence-electron chi connectivity index (χ4n) is 3.52. The van der Waals surface area contributed by atoms with Crippen LogP contribution in [0.1, 0.15) is 28.8 Å². The molecule has 7 heteroatoms. The van der Waals surface area contributed by atoms with Crippen molar-refractivity contribution in [1.29, 1.82) is 0 Å². The number of carbonyl (C=O) groups excluding carboxylic acids is 2. The van der Waals surface area contributed by atoms with E-state index in [1.54, 1.807) is 10.9 Å². The Labute approximate surface area is 181 Å². The maximum atomic E-state index is 12.8. The van der Waals surface area contributed by atoms with Crippen LogP contribution in [0.15, 0.2) is 66.9 Å². The molecule has 160 valence electrons. The Morgan fingerprint density at radius 1 is 1.10 bits per heavy atom. The molecule has 2 aromatic carbocycles. The summed E-state index contributed by atoms with van der Waals surface area (Å²) >= 11 is 0. The summed E-state index contributed by atoms with van der Waals surface area (Å²) < 4.78 is 12.5. The Morgan fingerprint density at radius 2 is 1.84 bits per heavy atom. The number of hydrogen-bond acceptors (Lipinski definition) is 5. The van der Waals surface area contributed by atoms with Crippen molar-refractivity contribution < 1.29 is 19.1 Å². The quantitative estimate of drug-likeness (QED) is 0.568. The molecule has 0 unspecified atom stereocenters. The van der Waals surface area contributed by atoms with Gasteiger partial charge in [0, 0.05) is 24.9 Å². The van der Waals surface area contributed by atoms with Gasteiger partial charge in [0.1, 0.15) is 11.3 Å². The average molecular weight is 419 g/mol. The van der Waals surface area contributed by atoms with Gasteiger partial charge in [-0.25, -0.2) is 4.79 Å². The molecule has 1 aromatic heterocycles. The van der Waals surface area contributed by atoms with Crippen LogP contribution in [0.2, 0.25) is 0 Å². The second-order valence-electron chi connectivity index (χ2n) is 7.46. The van der Waals surface area contributed by atoms with Crippen LogP contribution < -0.4 is 5.32 Å². The maximum Gasteiger partial charge on any atom is 0.342 e. The van der Waals surface area contributed by atoms with Gasteiger partial charge >= 0.3 is 5.97 Å². The van der Waals surface area contributed by atoms with E-state index in [0.29, 0.717) is 24.3 Å². The van der Waals surface area contributed by atoms with Gasteiger partial charge in [0.15, 0.2) is 6.61 Å². The molecule has 0 saturated carbocycles. The van der Waals surface area contributed by atoms with Crippen molar-refractivity contribution in [1.82, 2.24) is 15.1 Å². The predicted octanol–water partition coefficient (Wildman–Crippen LogP) is 3.05. The van der Waals surface area contributed by atoms with E-state index < -0.39 is 5.97 Å². The zero-order chi connectivity index (χ0) is 21.5. The van der Waals surface area contributed by atoms with Crippen LogP contribution in [0.25, 0.3) is 11.3 Å². The Morgan fingerprint density at radius 3 is 2.55 bits per heavy atom. The fraction of sp³-hybridized carbons (Fsp3) is 0.292. The summed E-state index contributed by atoms with van der Waals surface area (Å²) in [4.78, 5) is 24.9. The van der Waals surface area contributed by atoms with Crippen LogP contribution in [0.3, 0.4) is 0 Å². The van der Waals surface area contributed by atoms with Crippen molar-refractivity contribution in [2.24, 2.45) is 0 Å². The Bertz CT molecular complexity index is 1010. The van der Waals surface area contributed by atoms with Gasteiger partial charge in [-0.15, -0.1) is 0 Å². The summed E-state index contributed by atoms with van der Waals surface area (Å²) in [7, 11) is 0. The van der Waals surface area contributed by atoms with Gasteiger partial charge < -0.3 is 14.8 Å². The molecule has 0 radical (unpaired) electrons. The molecule has 31 heavy (non-hydrogen) atoms. The van der Waals surface area contributed by atoms with E-state index in [-0.39, 0.29) is 18.6 Å². The summed E-state index contributed by atoms with van der Waals surface area (Å²) in [5.41, 5.74) is 2.73. The topological polar surface area (TPSA) is 82.5 Å². The summed E-state index contributed by atoms with van der Waals surface area (Å²) in [6, 6.07) is 19.3. The molecule has 0 bridgehead atoms. The Balaban J connectivity index is 1.44. The van der Waals surface area contributed by atoms with Gasteiger partial charge in [0.2, 0.25) is 0 Å². The third-order valence-electron chi connectivity index (χ3n) is 5.10. The van der Waals surface area contributed by atoms with Crippen molar-refractivity contribution in [3.05, 3.63) is 78.0 Å². The molecule has 4 rings (SSSR count). The molecule has 1 amide bonds. The van der Waals surface area contributed by atoms with E-state index in [0.717, 1.165) is 30.6 Å². The minimum Gasteiger partial charge on any atom is -0.452 e. The average Bonchev–Trinajstić information content (AvgIpc) is 3.47. The molecule has 1 saturated heterocycles. The zero-order valence-electron chi connectivity index (χ0n) is 17.2. The number of ether oxygens (including phenoxy) is 2. The third-order valence-corrected chi connectivity index (χ3v) is 5.10. The lowest BCUT2D eigenvalue weighted by molar-refractivity contribution is -0.124. The number of nitrogens with zero attached hydrogens (tertiary/aromatic N) is 2. The highest BCUT2D eigenvalue weighted by atomic mass is 16.5.